The molecule has 0 saturated heterocycles. The molecule has 2 aromatic heterocycles. The van der Waals surface area contributed by atoms with E-state index >= 15 is 0 Å². The van der Waals surface area contributed by atoms with Crippen molar-refractivity contribution < 1.29 is 9.63 Å². The van der Waals surface area contributed by atoms with E-state index in [9.17, 15) is 5.11 Å². The van der Waals surface area contributed by atoms with E-state index in [1.165, 1.54) is 11.3 Å². The van der Waals surface area contributed by atoms with Crippen LogP contribution in [-0.4, -0.2) is 28.3 Å². The van der Waals surface area contributed by atoms with E-state index in [1.807, 2.05) is 18.7 Å². The average molecular weight is 239 g/mol. The monoisotopic (exact) mass is 239 g/mol. The Morgan fingerprint density at radius 1 is 1.44 bits per heavy atom. The molecule has 1 N–H and O–H groups in total. The van der Waals surface area contributed by atoms with Crippen LogP contribution in [0, 0.1) is 0 Å². The summed E-state index contributed by atoms with van der Waals surface area (Å²) < 4.78 is 5.12. The standard InChI is InChI=1S/C10H13N3O2S/c1-3-13(4-2)10-11-9(15-12-10)8-7(14)5-6-16-8/h5-6,14H,3-4H2,1-2H3. The van der Waals surface area contributed by atoms with Crippen LogP contribution >= 0.6 is 11.3 Å². The molecule has 2 rings (SSSR count). The summed E-state index contributed by atoms with van der Waals surface area (Å²) in [4.78, 5) is 6.85. The van der Waals surface area contributed by atoms with Crippen LogP contribution in [0.5, 0.6) is 5.75 Å². The van der Waals surface area contributed by atoms with E-state index in [0.717, 1.165) is 13.1 Å². The quantitative estimate of drug-likeness (QED) is 0.887. The lowest BCUT2D eigenvalue weighted by atomic mass is 10.4. The number of anilines is 1. The lowest BCUT2D eigenvalue weighted by molar-refractivity contribution is 0.425. The minimum atomic E-state index is 0.180. The summed E-state index contributed by atoms with van der Waals surface area (Å²) in [5.41, 5.74) is 0. The summed E-state index contributed by atoms with van der Waals surface area (Å²) >= 11 is 1.38. The Morgan fingerprint density at radius 2 is 2.19 bits per heavy atom. The number of hydrogen-bond donors (Lipinski definition) is 1. The predicted octanol–water partition coefficient (Wildman–Crippen LogP) is 2.35. The molecule has 16 heavy (non-hydrogen) atoms. The minimum absolute atomic E-state index is 0.180. The third-order valence-corrected chi connectivity index (χ3v) is 3.19. The van der Waals surface area contributed by atoms with Crippen molar-refractivity contribution in [3.8, 4) is 16.5 Å². The van der Waals surface area contributed by atoms with Gasteiger partial charge in [-0.25, -0.2) is 0 Å². The van der Waals surface area contributed by atoms with Gasteiger partial charge in [-0.05, 0) is 30.5 Å². The Kier molecular flexibility index (Phi) is 3.09. The molecule has 6 heteroatoms. The molecule has 0 atom stereocenters. The molecule has 0 amide bonds. The van der Waals surface area contributed by atoms with E-state index in [0.29, 0.717) is 16.7 Å². The lowest BCUT2D eigenvalue weighted by Gasteiger charge is -2.14. The van der Waals surface area contributed by atoms with Crippen LogP contribution in [0.1, 0.15) is 13.8 Å². The second-order valence-corrected chi connectivity index (χ2v) is 4.12. The number of nitrogens with zero attached hydrogens (tertiary/aromatic N) is 3. The molecular weight excluding hydrogens is 226 g/mol. The molecule has 0 aromatic carbocycles. The second kappa shape index (κ2) is 4.52. The van der Waals surface area contributed by atoms with Crippen LogP contribution in [0.2, 0.25) is 0 Å². The van der Waals surface area contributed by atoms with Gasteiger partial charge in [0.15, 0.2) is 0 Å². The normalized spacial score (nSPS) is 10.6. The van der Waals surface area contributed by atoms with Crippen LogP contribution in [0.4, 0.5) is 5.95 Å². The van der Waals surface area contributed by atoms with Crippen molar-refractivity contribution in [3.63, 3.8) is 0 Å². The fraction of sp³-hybridized carbons (Fsp3) is 0.400. The van der Waals surface area contributed by atoms with E-state index in [1.54, 1.807) is 11.4 Å². The van der Waals surface area contributed by atoms with Crippen LogP contribution < -0.4 is 4.90 Å². The number of hydrogen-bond acceptors (Lipinski definition) is 6. The summed E-state index contributed by atoms with van der Waals surface area (Å²) in [5, 5.41) is 15.2. The average Bonchev–Trinajstić information content (AvgIpc) is 2.89. The van der Waals surface area contributed by atoms with Crippen molar-refractivity contribution >= 4 is 17.3 Å². The highest BCUT2D eigenvalue weighted by Crippen LogP contribution is 2.33. The maximum absolute atomic E-state index is 9.54. The number of thiophene rings is 1. The minimum Gasteiger partial charge on any atom is -0.506 e. The number of aromatic nitrogens is 2. The fourth-order valence-corrected chi connectivity index (χ4v) is 2.11. The van der Waals surface area contributed by atoms with Gasteiger partial charge in [0.1, 0.15) is 10.6 Å². The molecule has 0 spiro atoms. The molecule has 0 radical (unpaired) electrons. The molecule has 2 aromatic rings. The third kappa shape index (κ3) is 1.88. The Hall–Kier alpha value is -1.56. The summed E-state index contributed by atoms with van der Waals surface area (Å²) in [6, 6.07) is 1.61. The first-order valence-electron chi connectivity index (χ1n) is 5.11. The third-order valence-electron chi connectivity index (χ3n) is 2.30. The molecule has 0 fully saturated rings. The second-order valence-electron chi connectivity index (χ2n) is 3.21. The summed E-state index contributed by atoms with van der Waals surface area (Å²) in [5.74, 6) is 1.11. The first kappa shape index (κ1) is 10.9. The van der Waals surface area contributed by atoms with Crippen LogP contribution in [0.15, 0.2) is 16.0 Å². The van der Waals surface area contributed by atoms with Gasteiger partial charge >= 0.3 is 0 Å². The van der Waals surface area contributed by atoms with Crippen molar-refractivity contribution in [1.82, 2.24) is 10.1 Å². The van der Waals surface area contributed by atoms with Crippen molar-refractivity contribution in [1.29, 1.82) is 0 Å². The Balaban J connectivity index is 2.29. The van der Waals surface area contributed by atoms with Crippen LogP contribution in [0.3, 0.4) is 0 Å². The molecule has 2 heterocycles. The van der Waals surface area contributed by atoms with E-state index in [2.05, 4.69) is 10.1 Å². The SMILES string of the molecule is CCN(CC)c1noc(-c2sccc2O)n1. The molecular formula is C10H13N3O2S. The van der Waals surface area contributed by atoms with Crippen molar-refractivity contribution in [2.45, 2.75) is 13.8 Å². The van der Waals surface area contributed by atoms with Gasteiger partial charge in [-0.15, -0.1) is 11.3 Å². The van der Waals surface area contributed by atoms with Gasteiger partial charge in [0.25, 0.3) is 11.8 Å². The van der Waals surface area contributed by atoms with Crippen LogP contribution in [0.25, 0.3) is 10.8 Å². The van der Waals surface area contributed by atoms with Crippen molar-refractivity contribution in [2.75, 3.05) is 18.0 Å². The predicted molar refractivity (Wildman–Crippen MR) is 62.8 cm³/mol. The molecule has 0 unspecified atom stereocenters. The smallest absolute Gasteiger partial charge is 0.273 e. The molecule has 0 saturated carbocycles. The summed E-state index contributed by atoms with van der Waals surface area (Å²) in [7, 11) is 0. The van der Waals surface area contributed by atoms with Gasteiger partial charge in [-0.1, -0.05) is 0 Å². The lowest BCUT2D eigenvalue weighted by Crippen LogP contribution is -2.22. The van der Waals surface area contributed by atoms with Gasteiger partial charge in [0.2, 0.25) is 0 Å². The first-order chi connectivity index (χ1) is 7.76. The number of rotatable bonds is 4. The van der Waals surface area contributed by atoms with E-state index < -0.39 is 0 Å². The molecule has 0 aliphatic heterocycles. The largest absolute Gasteiger partial charge is 0.506 e. The van der Waals surface area contributed by atoms with E-state index in [4.69, 9.17) is 4.52 Å². The Morgan fingerprint density at radius 3 is 2.75 bits per heavy atom. The number of aromatic hydroxyl groups is 1. The molecule has 0 bridgehead atoms. The zero-order chi connectivity index (χ0) is 11.5. The molecule has 5 nitrogen and oxygen atoms in total. The van der Waals surface area contributed by atoms with Gasteiger partial charge in [0, 0.05) is 13.1 Å². The highest BCUT2D eigenvalue weighted by molar-refractivity contribution is 7.13. The van der Waals surface area contributed by atoms with Crippen molar-refractivity contribution in [3.05, 3.63) is 11.4 Å². The maximum atomic E-state index is 9.54. The zero-order valence-electron chi connectivity index (χ0n) is 9.17. The van der Waals surface area contributed by atoms with Gasteiger partial charge in [0.05, 0.1) is 0 Å². The Bertz CT molecular complexity index is 462. The maximum Gasteiger partial charge on any atom is 0.273 e. The highest BCUT2D eigenvalue weighted by atomic mass is 32.1. The fourth-order valence-electron chi connectivity index (χ4n) is 1.41. The summed E-state index contributed by atoms with van der Waals surface area (Å²) in [6.07, 6.45) is 0. The van der Waals surface area contributed by atoms with Crippen molar-refractivity contribution in [2.24, 2.45) is 0 Å². The van der Waals surface area contributed by atoms with Gasteiger partial charge in [-0.3, -0.25) is 0 Å². The molecule has 0 aliphatic rings. The summed E-state index contributed by atoms with van der Waals surface area (Å²) in [6.45, 7) is 5.71. The zero-order valence-corrected chi connectivity index (χ0v) is 9.99. The van der Waals surface area contributed by atoms with Gasteiger partial charge < -0.3 is 14.5 Å². The van der Waals surface area contributed by atoms with E-state index in [-0.39, 0.29) is 5.75 Å². The molecule has 86 valence electrons. The molecule has 0 aliphatic carbocycles. The highest BCUT2D eigenvalue weighted by Gasteiger charge is 2.16. The van der Waals surface area contributed by atoms with Gasteiger partial charge in [-0.2, -0.15) is 4.98 Å². The first-order valence-corrected chi connectivity index (χ1v) is 5.99. The van der Waals surface area contributed by atoms with Crippen LogP contribution in [-0.2, 0) is 0 Å². The Labute approximate surface area is 97.3 Å². The topological polar surface area (TPSA) is 62.4 Å².